The highest BCUT2D eigenvalue weighted by atomic mass is 16.6. The highest BCUT2D eigenvalue weighted by Gasteiger charge is 2.25. The van der Waals surface area contributed by atoms with Crippen LogP contribution in [0.1, 0.15) is 52.9 Å². The Balaban J connectivity index is 4.10. The zero-order valence-electron chi connectivity index (χ0n) is 11.6. The third kappa shape index (κ3) is 6.12. The molecule has 18 heavy (non-hydrogen) atoms. The molecule has 3 atom stereocenters. The van der Waals surface area contributed by atoms with E-state index in [1.807, 2.05) is 13.8 Å². The van der Waals surface area contributed by atoms with E-state index in [0.29, 0.717) is 6.42 Å². The lowest BCUT2D eigenvalue weighted by molar-refractivity contribution is -0.162. The van der Waals surface area contributed by atoms with Gasteiger partial charge < -0.3 is 16.2 Å². The monoisotopic (exact) mass is 258 g/mol. The minimum Gasteiger partial charge on any atom is -0.391 e. The predicted octanol–water partition coefficient (Wildman–Crippen LogP) is 1.34. The summed E-state index contributed by atoms with van der Waals surface area (Å²) < 4.78 is 4.70. The summed E-state index contributed by atoms with van der Waals surface area (Å²) in [6.45, 7) is 5.84. The van der Waals surface area contributed by atoms with Gasteiger partial charge in [-0.1, -0.05) is 46.5 Å². The van der Waals surface area contributed by atoms with Gasteiger partial charge in [-0.3, -0.25) is 0 Å². The van der Waals surface area contributed by atoms with Gasteiger partial charge in [0.2, 0.25) is 0 Å². The maximum atomic E-state index is 11.6. The molecule has 0 radical (unpaired) electrons. The summed E-state index contributed by atoms with van der Waals surface area (Å²) in [6, 6.07) is -1.49. The molecule has 0 bridgehead atoms. The van der Waals surface area contributed by atoms with Crippen LogP contribution in [0.3, 0.4) is 0 Å². The van der Waals surface area contributed by atoms with Crippen molar-refractivity contribution in [1.29, 1.82) is 0 Å². The summed E-state index contributed by atoms with van der Waals surface area (Å²) in [5.74, 6) is -1.36. The molecule has 0 heterocycles. The minimum absolute atomic E-state index is 0.0124. The maximum Gasteiger partial charge on any atom is 0.330 e. The van der Waals surface area contributed by atoms with Crippen LogP contribution in [0.25, 0.3) is 0 Å². The van der Waals surface area contributed by atoms with Crippen molar-refractivity contribution in [1.82, 2.24) is 0 Å². The van der Waals surface area contributed by atoms with Crippen molar-refractivity contribution in [3.05, 3.63) is 0 Å². The molecule has 0 rings (SSSR count). The lowest BCUT2D eigenvalue weighted by Gasteiger charge is -2.17. The number of rotatable bonds is 8. The minimum atomic E-state index is -0.762. The summed E-state index contributed by atoms with van der Waals surface area (Å²) in [7, 11) is 0. The molecule has 4 N–H and O–H groups in total. The average Bonchev–Trinajstić information content (AvgIpc) is 2.36. The third-order valence-electron chi connectivity index (χ3n) is 3.15. The predicted molar refractivity (Wildman–Crippen MR) is 70.6 cm³/mol. The van der Waals surface area contributed by atoms with Crippen molar-refractivity contribution in [2.45, 2.75) is 65.0 Å². The van der Waals surface area contributed by atoms with E-state index < -0.39 is 24.0 Å². The Labute approximate surface area is 109 Å². The van der Waals surface area contributed by atoms with E-state index in [2.05, 4.69) is 6.92 Å². The van der Waals surface area contributed by atoms with Gasteiger partial charge >= 0.3 is 11.9 Å². The Morgan fingerprint density at radius 2 is 1.72 bits per heavy atom. The highest BCUT2D eigenvalue weighted by molar-refractivity contribution is 5.90. The number of carbonyl (C=O) groups is 2. The Morgan fingerprint density at radius 1 is 1.11 bits per heavy atom. The van der Waals surface area contributed by atoms with E-state index >= 15 is 0 Å². The molecular weight excluding hydrogens is 232 g/mol. The number of hydrogen-bond acceptors (Lipinski definition) is 5. The largest absolute Gasteiger partial charge is 0.391 e. The molecule has 0 saturated carbocycles. The number of esters is 2. The SMILES string of the molecule is CCCCCC(N)C(=O)OC(=O)[C@@H](N)[C@@H](C)CC. The van der Waals surface area contributed by atoms with Crippen LogP contribution in [0.5, 0.6) is 0 Å². The van der Waals surface area contributed by atoms with E-state index in [0.717, 1.165) is 25.7 Å². The van der Waals surface area contributed by atoms with Gasteiger partial charge in [-0.25, -0.2) is 9.59 Å². The summed E-state index contributed by atoms with van der Waals surface area (Å²) in [5, 5.41) is 0. The lowest BCUT2D eigenvalue weighted by Crippen LogP contribution is -2.42. The zero-order valence-corrected chi connectivity index (χ0v) is 11.6. The summed E-state index contributed by atoms with van der Waals surface area (Å²) >= 11 is 0. The molecule has 0 spiro atoms. The molecule has 1 unspecified atom stereocenters. The number of hydrogen-bond donors (Lipinski definition) is 2. The van der Waals surface area contributed by atoms with Gasteiger partial charge in [0.05, 0.1) is 0 Å². The quantitative estimate of drug-likeness (QED) is 0.389. The lowest BCUT2D eigenvalue weighted by atomic mass is 10.0. The fourth-order valence-corrected chi connectivity index (χ4v) is 1.46. The molecule has 0 aliphatic rings. The van der Waals surface area contributed by atoms with Gasteiger partial charge in [-0.05, 0) is 12.3 Å². The fourth-order valence-electron chi connectivity index (χ4n) is 1.46. The molecule has 5 nitrogen and oxygen atoms in total. The maximum absolute atomic E-state index is 11.6. The smallest absolute Gasteiger partial charge is 0.330 e. The van der Waals surface area contributed by atoms with Crippen LogP contribution < -0.4 is 11.5 Å². The van der Waals surface area contributed by atoms with Gasteiger partial charge in [-0.15, -0.1) is 0 Å². The first-order chi connectivity index (χ1) is 8.43. The highest BCUT2D eigenvalue weighted by Crippen LogP contribution is 2.08. The van der Waals surface area contributed by atoms with Gasteiger partial charge in [0, 0.05) is 0 Å². The Kier molecular flexibility index (Phi) is 8.58. The molecule has 0 aliphatic heterocycles. The molecule has 0 aromatic heterocycles. The zero-order chi connectivity index (χ0) is 14.1. The Morgan fingerprint density at radius 3 is 2.22 bits per heavy atom. The van der Waals surface area contributed by atoms with Crippen molar-refractivity contribution in [2.24, 2.45) is 17.4 Å². The second-order valence-corrected chi connectivity index (χ2v) is 4.75. The summed E-state index contributed by atoms with van der Waals surface area (Å²) in [6.07, 6.45) is 4.23. The van der Waals surface area contributed by atoms with Crippen LogP contribution in [0.2, 0.25) is 0 Å². The van der Waals surface area contributed by atoms with Crippen LogP contribution >= 0.6 is 0 Å². The first-order valence-corrected chi connectivity index (χ1v) is 6.70. The van der Waals surface area contributed by atoms with E-state index in [4.69, 9.17) is 16.2 Å². The molecule has 0 fully saturated rings. The van der Waals surface area contributed by atoms with Crippen molar-refractivity contribution >= 4 is 11.9 Å². The topological polar surface area (TPSA) is 95.4 Å². The summed E-state index contributed by atoms with van der Waals surface area (Å²) in [4.78, 5) is 23.1. The van der Waals surface area contributed by atoms with Gasteiger partial charge in [0.15, 0.2) is 0 Å². The number of carbonyl (C=O) groups excluding carboxylic acids is 2. The first kappa shape index (κ1) is 17.1. The van der Waals surface area contributed by atoms with E-state index in [1.165, 1.54) is 0 Å². The van der Waals surface area contributed by atoms with Crippen LogP contribution in [-0.2, 0) is 14.3 Å². The van der Waals surface area contributed by atoms with Gasteiger partial charge in [0.1, 0.15) is 12.1 Å². The van der Waals surface area contributed by atoms with Gasteiger partial charge in [0.25, 0.3) is 0 Å². The van der Waals surface area contributed by atoms with Crippen LogP contribution in [0, 0.1) is 5.92 Å². The molecule has 0 saturated heterocycles. The van der Waals surface area contributed by atoms with E-state index in [1.54, 1.807) is 0 Å². The second-order valence-electron chi connectivity index (χ2n) is 4.75. The normalized spacial score (nSPS) is 15.8. The summed E-state index contributed by atoms with van der Waals surface area (Å²) in [5.41, 5.74) is 11.3. The average molecular weight is 258 g/mol. The molecular formula is C13H26N2O3. The third-order valence-corrected chi connectivity index (χ3v) is 3.15. The molecule has 5 heteroatoms. The fraction of sp³-hybridized carbons (Fsp3) is 0.846. The van der Waals surface area contributed by atoms with Crippen LogP contribution in [-0.4, -0.2) is 24.0 Å². The number of nitrogens with two attached hydrogens (primary N) is 2. The van der Waals surface area contributed by atoms with E-state index in [9.17, 15) is 9.59 Å². The van der Waals surface area contributed by atoms with Crippen LogP contribution in [0.4, 0.5) is 0 Å². The van der Waals surface area contributed by atoms with Crippen molar-refractivity contribution in [3.8, 4) is 0 Å². The van der Waals surface area contributed by atoms with Gasteiger partial charge in [-0.2, -0.15) is 0 Å². The molecule has 0 aromatic carbocycles. The molecule has 0 aromatic rings. The van der Waals surface area contributed by atoms with Crippen LogP contribution in [0.15, 0.2) is 0 Å². The van der Waals surface area contributed by atoms with Crippen molar-refractivity contribution in [3.63, 3.8) is 0 Å². The Bertz CT molecular complexity index is 269. The molecule has 0 amide bonds. The molecule has 0 aliphatic carbocycles. The van der Waals surface area contributed by atoms with Crippen molar-refractivity contribution in [2.75, 3.05) is 0 Å². The number of ether oxygens (including phenoxy) is 1. The second kappa shape index (κ2) is 9.05. The first-order valence-electron chi connectivity index (χ1n) is 6.70. The van der Waals surface area contributed by atoms with E-state index in [-0.39, 0.29) is 5.92 Å². The standard InChI is InChI=1S/C13H26N2O3/c1-4-6-7-8-10(14)12(16)18-13(17)11(15)9(3)5-2/h9-11H,4-8,14-15H2,1-3H3/t9-,10?,11-/m0/s1. The molecule has 106 valence electrons. The Hall–Kier alpha value is -0.940. The number of unbranched alkanes of at least 4 members (excludes halogenated alkanes) is 2. The van der Waals surface area contributed by atoms with Crippen molar-refractivity contribution < 1.29 is 14.3 Å².